The highest BCUT2D eigenvalue weighted by Gasteiger charge is 2.12. The molecule has 5 heteroatoms. The first-order chi connectivity index (χ1) is 9.10. The SMILES string of the molecule is COc1cncc(C(O)Cc2ccc(Cl)cc2Cl)c1. The number of aliphatic hydroxyl groups excluding tert-OH is 1. The van der Waals surface area contributed by atoms with Gasteiger partial charge in [0.25, 0.3) is 0 Å². The van der Waals surface area contributed by atoms with E-state index >= 15 is 0 Å². The number of rotatable bonds is 4. The highest BCUT2D eigenvalue weighted by atomic mass is 35.5. The molecule has 100 valence electrons. The number of hydrogen-bond donors (Lipinski definition) is 1. The van der Waals surface area contributed by atoms with Crippen LogP contribution in [0.2, 0.25) is 10.0 Å². The summed E-state index contributed by atoms with van der Waals surface area (Å²) in [5.41, 5.74) is 1.52. The fraction of sp³-hybridized carbons (Fsp3) is 0.214. The molecule has 0 amide bonds. The summed E-state index contributed by atoms with van der Waals surface area (Å²) < 4.78 is 5.08. The van der Waals surface area contributed by atoms with Gasteiger partial charge in [-0.2, -0.15) is 0 Å². The van der Waals surface area contributed by atoms with Crippen molar-refractivity contribution in [1.29, 1.82) is 0 Å². The smallest absolute Gasteiger partial charge is 0.137 e. The van der Waals surface area contributed by atoms with E-state index in [1.165, 1.54) is 0 Å². The fourth-order valence-corrected chi connectivity index (χ4v) is 2.23. The Hall–Kier alpha value is -1.29. The number of nitrogens with zero attached hydrogens (tertiary/aromatic N) is 1. The molecule has 0 spiro atoms. The predicted octanol–water partition coefficient (Wildman–Crippen LogP) is 3.67. The molecule has 0 aliphatic heterocycles. The van der Waals surface area contributed by atoms with Crippen LogP contribution in [-0.4, -0.2) is 17.2 Å². The summed E-state index contributed by atoms with van der Waals surface area (Å²) in [7, 11) is 1.56. The van der Waals surface area contributed by atoms with Crippen molar-refractivity contribution in [2.75, 3.05) is 7.11 Å². The second-order valence-electron chi connectivity index (χ2n) is 4.11. The molecule has 0 fully saturated rings. The van der Waals surface area contributed by atoms with Gasteiger partial charge in [0.05, 0.1) is 19.4 Å². The fourth-order valence-electron chi connectivity index (χ4n) is 1.74. The van der Waals surface area contributed by atoms with Crippen LogP contribution in [0.15, 0.2) is 36.7 Å². The number of aliphatic hydroxyl groups is 1. The number of ether oxygens (including phenoxy) is 1. The summed E-state index contributed by atoms with van der Waals surface area (Å²) in [4.78, 5) is 4.02. The van der Waals surface area contributed by atoms with Gasteiger partial charge in [-0.05, 0) is 23.8 Å². The lowest BCUT2D eigenvalue weighted by molar-refractivity contribution is 0.177. The Bertz CT molecular complexity index is 575. The minimum Gasteiger partial charge on any atom is -0.495 e. The molecule has 0 radical (unpaired) electrons. The highest BCUT2D eigenvalue weighted by Crippen LogP contribution is 2.27. The maximum atomic E-state index is 10.2. The summed E-state index contributed by atoms with van der Waals surface area (Å²) in [6.45, 7) is 0. The van der Waals surface area contributed by atoms with E-state index in [-0.39, 0.29) is 0 Å². The van der Waals surface area contributed by atoms with Gasteiger partial charge in [-0.1, -0.05) is 29.3 Å². The molecule has 0 aliphatic rings. The van der Waals surface area contributed by atoms with Crippen LogP contribution in [0.5, 0.6) is 5.75 Å². The van der Waals surface area contributed by atoms with Gasteiger partial charge in [-0.25, -0.2) is 0 Å². The van der Waals surface area contributed by atoms with Crippen LogP contribution in [0.4, 0.5) is 0 Å². The quantitative estimate of drug-likeness (QED) is 0.936. The molecule has 0 bridgehead atoms. The van der Waals surface area contributed by atoms with E-state index in [9.17, 15) is 5.11 Å². The molecule has 1 atom stereocenters. The number of hydrogen-bond acceptors (Lipinski definition) is 3. The lowest BCUT2D eigenvalue weighted by Crippen LogP contribution is -2.03. The topological polar surface area (TPSA) is 42.4 Å². The zero-order chi connectivity index (χ0) is 13.8. The molecule has 2 aromatic rings. The Morgan fingerprint density at radius 3 is 2.74 bits per heavy atom. The van der Waals surface area contributed by atoms with Crippen LogP contribution in [0.1, 0.15) is 17.2 Å². The molecule has 1 aromatic carbocycles. The van der Waals surface area contributed by atoms with Crippen LogP contribution >= 0.6 is 23.2 Å². The van der Waals surface area contributed by atoms with Crippen molar-refractivity contribution >= 4 is 23.2 Å². The monoisotopic (exact) mass is 297 g/mol. The minimum absolute atomic E-state index is 0.394. The zero-order valence-corrected chi connectivity index (χ0v) is 11.8. The Morgan fingerprint density at radius 2 is 2.05 bits per heavy atom. The summed E-state index contributed by atoms with van der Waals surface area (Å²) in [5, 5.41) is 11.3. The van der Waals surface area contributed by atoms with Crippen LogP contribution in [-0.2, 0) is 6.42 Å². The largest absolute Gasteiger partial charge is 0.495 e. The Kier molecular flexibility index (Phi) is 4.64. The number of methoxy groups -OCH3 is 1. The van der Waals surface area contributed by atoms with Crippen LogP contribution in [0, 0.1) is 0 Å². The Balaban J connectivity index is 2.17. The second-order valence-corrected chi connectivity index (χ2v) is 4.96. The van der Waals surface area contributed by atoms with Crippen molar-refractivity contribution in [2.24, 2.45) is 0 Å². The van der Waals surface area contributed by atoms with Gasteiger partial charge < -0.3 is 9.84 Å². The van der Waals surface area contributed by atoms with E-state index in [2.05, 4.69) is 4.98 Å². The van der Waals surface area contributed by atoms with Crippen LogP contribution < -0.4 is 4.74 Å². The molecule has 2 rings (SSSR count). The van der Waals surface area contributed by atoms with Crippen molar-refractivity contribution in [3.05, 3.63) is 57.8 Å². The van der Waals surface area contributed by atoms with E-state index in [4.69, 9.17) is 27.9 Å². The standard InChI is InChI=1S/C14H13Cl2NO2/c1-19-12-4-10(7-17-8-12)14(18)5-9-2-3-11(15)6-13(9)16/h2-4,6-8,14,18H,5H2,1H3. The first-order valence-electron chi connectivity index (χ1n) is 5.71. The van der Waals surface area contributed by atoms with Crippen LogP contribution in [0.25, 0.3) is 0 Å². The Labute approximate surface area is 121 Å². The van der Waals surface area contributed by atoms with Crippen molar-refractivity contribution in [2.45, 2.75) is 12.5 Å². The molecule has 1 heterocycles. The van der Waals surface area contributed by atoms with Gasteiger partial charge in [0.1, 0.15) is 5.75 Å². The minimum atomic E-state index is -0.693. The maximum Gasteiger partial charge on any atom is 0.137 e. The summed E-state index contributed by atoms with van der Waals surface area (Å²) in [5.74, 6) is 0.610. The molecule has 1 aromatic heterocycles. The average molecular weight is 298 g/mol. The molecular formula is C14H13Cl2NO2. The van der Waals surface area contributed by atoms with Gasteiger partial charge >= 0.3 is 0 Å². The van der Waals surface area contributed by atoms with E-state index < -0.39 is 6.10 Å². The van der Waals surface area contributed by atoms with Crippen molar-refractivity contribution in [1.82, 2.24) is 4.98 Å². The lowest BCUT2D eigenvalue weighted by Gasteiger charge is -2.13. The number of pyridine rings is 1. The molecular weight excluding hydrogens is 285 g/mol. The first-order valence-corrected chi connectivity index (χ1v) is 6.46. The zero-order valence-electron chi connectivity index (χ0n) is 10.3. The maximum absolute atomic E-state index is 10.2. The van der Waals surface area contributed by atoms with Crippen molar-refractivity contribution in [3.8, 4) is 5.75 Å². The lowest BCUT2D eigenvalue weighted by atomic mass is 10.0. The second kappa shape index (κ2) is 6.24. The molecule has 0 aliphatic carbocycles. The number of aromatic nitrogens is 1. The Morgan fingerprint density at radius 1 is 1.26 bits per heavy atom. The van der Waals surface area contributed by atoms with Crippen LogP contribution in [0.3, 0.4) is 0 Å². The number of halogens is 2. The molecule has 0 saturated heterocycles. The van der Waals surface area contributed by atoms with E-state index in [1.807, 2.05) is 6.07 Å². The summed E-state index contributed by atoms with van der Waals surface area (Å²) in [6.07, 6.45) is 2.90. The van der Waals surface area contributed by atoms with Gasteiger partial charge in [-0.15, -0.1) is 0 Å². The first kappa shape index (κ1) is 14.1. The average Bonchev–Trinajstić information content (AvgIpc) is 2.42. The van der Waals surface area contributed by atoms with E-state index in [0.717, 1.165) is 5.56 Å². The molecule has 1 N–H and O–H groups in total. The molecule has 19 heavy (non-hydrogen) atoms. The van der Waals surface area contributed by atoms with Crippen molar-refractivity contribution in [3.63, 3.8) is 0 Å². The summed E-state index contributed by atoms with van der Waals surface area (Å²) in [6, 6.07) is 6.97. The molecule has 3 nitrogen and oxygen atoms in total. The highest BCUT2D eigenvalue weighted by molar-refractivity contribution is 6.35. The van der Waals surface area contributed by atoms with Gasteiger partial charge in [0.2, 0.25) is 0 Å². The van der Waals surface area contributed by atoms with E-state index in [1.54, 1.807) is 37.7 Å². The third-order valence-corrected chi connectivity index (χ3v) is 3.37. The normalized spacial score (nSPS) is 12.2. The van der Waals surface area contributed by atoms with Gasteiger partial charge in [0.15, 0.2) is 0 Å². The summed E-state index contributed by atoms with van der Waals surface area (Å²) >= 11 is 11.9. The van der Waals surface area contributed by atoms with Gasteiger partial charge in [0, 0.05) is 28.2 Å². The molecule has 1 unspecified atom stereocenters. The third kappa shape index (κ3) is 3.60. The van der Waals surface area contributed by atoms with Gasteiger partial charge in [-0.3, -0.25) is 4.98 Å². The predicted molar refractivity (Wildman–Crippen MR) is 75.9 cm³/mol. The third-order valence-electron chi connectivity index (χ3n) is 2.78. The number of benzene rings is 1. The molecule has 0 saturated carbocycles. The van der Waals surface area contributed by atoms with Crippen molar-refractivity contribution < 1.29 is 9.84 Å². The van der Waals surface area contributed by atoms with E-state index in [0.29, 0.717) is 27.8 Å².